The lowest BCUT2D eigenvalue weighted by molar-refractivity contribution is 0.171. The third-order valence-electron chi connectivity index (χ3n) is 4.98. The van der Waals surface area contributed by atoms with Gasteiger partial charge in [-0.15, -0.1) is 0 Å². The van der Waals surface area contributed by atoms with Gasteiger partial charge >= 0.3 is 0 Å². The van der Waals surface area contributed by atoms with Gasteiger partial charge in [-0.3, -0.25) is 0 Å². The van der Waals surface area contributed by atoms with Gasteiger partial charge in [0.15, 0.2) is 11.5 Å². The molecule has 1 aliphatic heterocycles. The second kappa shape index (κ2) is 6.30. The maximum Gasteiger partial charge on any atom is 0.241 e. The van der Waals surface area contributed by atoms with E-state index in [1.165, 1.54) is 6.07 Å². The van der Waals surface area contributed by atoms with Gasteiger partial charge in [-0.25, -0.2) is 13.1 Å². The average molecular weight is 340 g/mol. The molecule has 0 radical (unpaired) electrons. The lowest BCUT2D eigenvalue weighted by Gasteiger charge is -2.42. The van der Waals surface area contributed by atoms with E-state index in [0.717, 1.165) is 25.7 Å². The summed E-state index contributed by atoms with van der Waals surface area (Å²) >= 11 is 0. The molecule has 128 valence electrons. The van der Waals surface area contributed by atoms with E-state index in [0.29, 0.717) is 31.3 Å². The Labute approximate surface area is 137 Å². The van der Waals surface area contributed by atoms with Gasteiger partial charge in [-0.05, 0) is 30.9 Å². The second-order valence-corrected chi connectivity index (χ2v) is 8.10. The molecule has 3 N–H and O–H groups in total. The van der Waals surface area contributed by atoms with Crippen LogP contribution in [0.5, 0.6) is 11.5 Å². The zero-order valence-electron chi connectivity index (χ0n) is 13.4. The van der Waals surface area contributed by atoms with Crippen molar-refractivity contribution >= 4 is 10.0 Å². The van der Waals surface area contributed by atoms with Crippen LogP contribution in [0, 0.1) is 5.92 Å². The zero-order valence-corrected chi connectivity index (χ0v) is 14.2. The highest BCUT2D eigenvalue weighted by Gasteiger charge is 2.40. The Morgan fingerprint density at radius 1 is 1.26 bits per heavy atom. The molecule has 1 heterocycles. The Hall–Kier alpha value is -1.31. The van der Waals surface area contributed by atoms with Gasteiger partial charge in [0.2, 0.25) is 10.0 Å². The fourth-order valence-corrected chi connectivity index (χ4v) is 4.98. The predicted octanol–water partition coefficient (Wildman–Crippen LogP) is 1.64. The van der Waals surface area contributed by atoms with Crippen molar-refractivity contribution in [3.05, 3.63) is 18.2 Å². The van der Waals surface area contributed by atoms with Gasteiger partial charge in [-0.2, -0.15) is 0 Å². The van der Waals surface area contributed by atoms with E-state index in [9.17, 15) is 8.42 Å². The molecule has 6 nitrogen and oxygen atoms in total. The molecule has 1 fully saturated rings. The van der Waals surface area contributed by atoms with Gasteiger partial charge in [0.1, 0.15) is 13.2 Å². The third kappa shape index (κ3) is 3.18. The Bertz CT molecular complexity index is 677. The molecule has 0 spiro atoms. The molecule has 7 heteroatoms. The minimum atomic E-state index is -3.66. The summed E-state index contributed by atoms with van der Waals surface area (Å²) in [6.07, 6.45) is 3.87. The molecule has 1 aliphatic carbocycles. The van der Waals surface area contributed by atoms with Gasteiger partial charge < -0.3 is 15.2 Å². The van der Waals surface area contributed by atoms with Gasteiger partial charge in [0, 0.05) is 18.2 Å². The predicted molar refractivity (Wildman–Crippen MR) is 87.2 cm³/mol. The number of benzene rings is 1. The number of nitrogens with one attached hydrogen (secondary N) is 1. The van der Waals surface area contributed by atoms with Crippen molar-refractivity contribution in [1.82, 2.24) is 4.72 Å². The molecule has 23 heavy (non-hydrogen) atoms. The summed E-state index contributed by atoms with van der Waals surface area (Å²) in [5, 5.41) is 0. The van der Waals surface area contributed by atoms with Crippen molar-refractivity contribution in [3.8, 4) is 11.5 Å². The number of sulfonamides is 1. The summed E-state index contributed by atoms with van der Waals surface area (Å²) in [4.78, 5) is 0.187. The summed E-state index contributed by atoms with van der Waals surface area (Å²) in [5.74, 6) is 1.26. The maximum atomic E-state index is 12.8. The molecule has 0 aromatic heterocycles. The first-order valence-electron chi connectivity index (χ1n) is 8.10. The number of rotatable bonds is 4. The van der Waals surface area contributed by atoms with Crippen LogP contribution in [0.15, 0.2) is 23.1 Å². The monoisotopic (exact) mass is 340 g/mol. The molecule has 0 saturated heterocycles. The zero-order chi connectivity index (χ0) is 16.5. The summed E-state index contributed by atoms with van der Waals surface area (Å²) in [7, 11) is -3.66. The number of hydrogen-bond acceptors (Lipinski definition) is 5. The molecule has 2 unspecified atom stereocenters. The average Bonchev–Trinajstić information content (AvgIpc) is 2.56. The molecular weight excluding hydrogens is 316 g/mol. The van der Waals surface area contributed by atoms with Crippen molar-refractivity contribution in [1.29, 1.82) is 0 Å². The molecule has 0 bridgehead atoms. The maximum absolute atomic E-state index is 12.8. The van der Waals surface area contributed by atoms with Crippen LogP contribution in [0.2, 0.25) is 0 Å². The van der Waals surface area contributed by atoms with E-state index in [4.69, 9.17) is 15.2 Å². The fourth-order valence-electron chi connectivity index (χ4n) is 3.43. The Morgan fingerprint density at radius 3 is 2.70 bits per heavy atom. The van der Waals surface area contributed by atoms with Crippen LogP contribution in [-0.4, -0.2) is 33.7 Å². The van der Waals surface area contributed by atoms with E-state index >= 15 is 0 Å². The number of hydrogen-bond donors (Lipinski definition) is 2. The quantitative estimate of drug-likeness (QED) is 0.869. The second-order valence-electron chi connectivity index (χ2n) is 6.42. The van der Waals surface area contributed by atoms with Crippen LogP contribution in [0.25, 0.3) is 0 Å². The largest absolute Gasteiger partial charge is 0.486 e. The molecule has 2 aliphatic rings. The number of nitrogens with two attached hydrogens (primary N) is 1. The van der Waals surface area contributed by atoms with E-state index in [-0.39, 0.29) is 10.8 Å². The van der Waals surface area contributed by atoms with Gasteiger partial charge in [0.25, 0.3) is 0 Å². The van der Waals surface area contributed by atoms with Crippen molar-refractivity contribution in [2.24, 2.45) is 11.7 Å². The van der Waals surface area contributed by atoms with Crippen molar-refractivity contribution in [2.75, 3.05) is 19.8 Å². The topological polar surface area (TPSA) is 90.7 Å². The number of fused-ring (bicyclic) bond motifs is 1. The summed E-state index contributed by atoms with van der Waals surface area (Å²) in [6, 6.07) is 4.71. The Kier molecular flexibility index (Phi) is 4.53. The fraction of sp³-hybridized carbons (Fsp3) is 0.625. The van der Waals surface area contributed by atoms with Crippen LogP contribution in [-0.2, 0) is 10.0 Å². The van der Waals surface area contributed by atoms with Crippen LogP contribution < -0.4 is 19.9 Å². The highest BCUT2D eigenvalue weighted by atomic mass is 32.2. The Balaban J connectivity index is 1.89. The van der Waals surface area contributed by atoms with Gasteiger partial charge in [-0.1, -0.05) is 19.8 Å². The molecule has 3 rings (SSSR count). The first kappa shape index (κ1) is 16.5. The smallest absolute Gasteiger partial charge is 0.241 e. The Morgan fingerprint density at radius 2 is 2.00 bits per heavy atom. The van der Waals surface area contributed by atoms with Gasteiger partial charge in [0.05, 0.1) is 4.90 Å². The van der Waals surface area contributed by atoms with Crippen molar-refractivity contribution < 1.29 is 17.9 Å². The standard InChI is InChI=1S/C16H24N2O4S/c1-12-4-2-3-7-16(12,11-17)18-23(19,20)13-5-6-14-15(10-13)22-9-8-21-14/h5-6,10,12,18H,2-4,7-9,11,17H2,1H3. The molecule has 1 saturated carbocycles. The first-order valence-corrected chi connectivity index (χ1v) is 9.59. The molecule has 2 atom stereocenters. The first-order chi connectivity index (χ1) is 11.0. The summed E-state index contributed by atoms with van der Waals surface area (Å²) < 4.78 is 39.5. The van der Waals surface area contributed by atoms with Crippen LogP contribution in [0.1, 0.15) is 32.6 Å². The summed E-state index contributed by atoms with van der Waals surface area (Å²) in [5.41, 5.74) is 5.39. The highest BCUT2D eigenvalue weighted by Crippen LogP contribution is 2.36. The third-order valence-corrected chi connectivity index (χ3v) is 6.53. The van der Waals surface area contributed by atoms with E-state index < -0.39 is 15.6 Å². The SMILES string of the molecule is CC1CCCCC1(CN)NS(=O)(=O)c1ccc2c(c1)OCCO2. The minimum Gasteiger partial charge on any atom is -0.486 e. The summed E-state index contributed by atoms with van der Waals surface area (Å²) in [6.45, 7) is 3.27. The normalized spacial score (nSPS) is 27.7. The van der Waals surface area contributed by atoms with Crippen LogP contribution in [0.4, 0.5) is 0 Å². The number of ether oxygens (including phenoxy) is 2. The molecule has 1 aromatic rings. The lowest BCUT2D eigenvalue weighted by Crippen LogP contribution is -2.58. The highest BCUT2D eigenvalue weighted by molar-refractivity contribution is 7.89. The van der Waals surface area contributed by atoms with Crippen LogP contribution in [0.3, 0.4) is 0 Å². The van der Waals surface area contributed by atoms with E-state index in [1.54, 1.807) is 12.1 Å². The molecular formula is C16H24N2O4S. The molecule has 0 amide bonds. The van der Waals surface area contributed by atoms with Crippen molar-refractivity contribution in [2.45, 2.75) is 43.0 Å². The minimum absolute atomic E-state index is 0.187. The van der Waals surface area contributed by atoms with E-state index in [1.807, 2.05) is 0 Å². The van der Waals surface area contributed by atoms with E-state index in [2.05, 4.69) is 11.6 Å². The van der Waals surface area contributed by atoms with Crippen LogP contribution >= 0.6 is 0 Å². The molecule has 1 aromatic carbocycles. The lowest BCUT2D eigenvalue weighted by atomic mass is 9.74. The van der Waals surface area contributed by atoms with Crippen molar-refractivity contribution in [3.63, 3.8) is 0 Å².